The average molecular weight is 280 g/mol. The topological polar surface area (TPSA) is 18.5 Å². The van der Waals surface area contributed by atoms with Crippen molar-refractivity contribution in [2.45, 2.75) is 77.4 Å². The molecule has 0 bridgehead atoms. The van der Waals surface area contributed by atoms with Crippen molar-refractivity contribution in [2.75, 3.05) is 13.2 Å². The summed E-state index contributed by atoms with van der Waals surface area (Å²) in [4.78, 5) is 0. The Kier molecular flexibility index (Phi) is 11.7. The van der Waals surface area contributed by atoms with Crippen molar-refractivity contribution in [3.05, 3.63) is 24.3 Å². The van der Waals surface area contributed by atoms with Crippen LogP contribution in [0.5, 0.6) is 0 Å². The minimum Gasteiger partial charge on any atom is -0.353 e. The zero-order valence-electron chi connectivity index (χ0n) is 13.2. The lowest BCUT2D eigenvalue weighted by Gasteiger charge is -2.22. The lowest BCUT2D eigenvalue weighted by molar-refractivity contribution is -0.162. The van der Waals surface area contributed by atoms with Crippen LogP contribution in [0.3, 0.4) is 0 Å². The zero-order chi connectivity index (χ0) is 14.3. The van der Waals surface area contributed by atoms with Crippen LogP contribution in [0.1, 0.15) is 71.1 Å². The minimum absolute atomic E-state index is 0.0780. The van der Waals surface area contributed by atoms with E-state index in [4.69, 9.17) is 9.47 Å². The largest absolute Gasteiger partial charge is 0.353 e. The Morgan fingerprint density at radius 2 is 1.70 bits per heavy atom. The lowest BCUT2D eigenvalue weighted by Crippen LogP contribution is -2.22. The van der Waals surface area contributed by atoms with Crippen LogP contribution in [0, 0.1) is 0 Å². The Morgan fingerprint density at radius 1 is 0.950 bits per heavy atom. The van der Waals surface area contributed by atoms with Gasteiger partial charge in [-0.25, -0.2) is 0 Å². The predicted octanol–water partition coefficient (Wildman–Crippen LogP) is 5.39. The van der Waals surface area contributed by atoms with E-state index < -0.39 is 0 Å². The van der Waals surface area contributed by atoms with Crippen molar-refractivity contribution < 1.29 is 9.47 Å². The first kappa shape index (κ1) is 17.5. The molecule has 0 spiro atoms. The number of allylic oxidation sites excluding steroid dienone is 4. The lowest BCUT2D eigenvalue weighted by atomic mass is 10.2. The van der Waals surface area contributed by atoms with E-state index in [1.165, 1.54) is 51.4 Å². The molecule has 1 rings (SSSR count). The highest BCUT2D eigenvalue weighted by molar-refractivity contribution is 4.87. The van der Waals surface area contributed by atoms with Gasteiger partial charge in [-0.05, 0) is 57.8 Å². The highest BCUT2D eigenvalue weighted by atomic mass is 16.7. The van der Waals surface area contributed by atoms with E-state index >= 15 is 0 Å². The molecular weight excluding hydrogens is 248 g/mol. The van der Waals surface area contributed by atoms with Gasteiger partial charge in [0.15, 0.2) is 6.29 Å². The number of rotatable bonds is 11. The normalized spacial score (nSPS) is 20.1. The smallest absolute Gasteiger partial charge is 0.157 e. The van der Waals surface area contributed by atoms with Crippen molar-refractivity contribution in [1.29, 1.82) is 0 Å². The van der Waals surface area contributed by atoms with E-state index in [-0.39, 0.29) is 6.29 Å². The van der Waals surface area contributed by atoms with E-state index in [1.807, 2.05) is 0 Å². The van der Waals surface area contributed by atoms with Gasteiger partial charge in [0, 0.05) is 13.2 Å². The maximum atomic E-state index is 5.71. The van der Waals surface area contributed by atoms with E-state index in [0.717, 1.165) is 26.1 Å². The van der Waals surface area contributed by atoms with E-state index in [0.29, 0.717) is 0 Å². The molecule has 1 heterocycles. The fraction of sp³-hybridized carbons (Fsp3) is 0.778. The number of ether oxygens (including phenoxy) is 2. The molecule has 0 radical (unpaired) electrons. The van der Waals surface area contributed by atoms with Crippen molar-refractivity contribution >= 4 is 0 Å². The second-order valence-corrected chi connectivity index (χ2v) is 5.47. The van der Waals surface area contributed by atoms with Gasteiger partial charge in [0.2, 0.25) is 0 Å². The molecular formula is C18H32O2. The molecule has 0 aromatic rings. The van der Waals surface area contributed by atoms with Gasteiger partial charge in [-0.3, -0.25) is 0 Å². The third kappa shape index (κ3) is 10.2. The molecule has 0 aromatic carbocycles. The molecule has 1 saturated heterocycles. The summed E-state index contributed by atoms with van der Waals surface area (Å²) in [6, 6.07) is 0. The third-order valence-corrected chi connectivity index (χ3v) is 3.50. The van der Waals surface area contributed by atoms with Crippen LogP contribution in [-0.2, 0) is 9.47 Å². The summed E-state index contributed by atoms with van der Waals surface area (Å²) in [5.74, 6) is 0. The van der Waals surface area contributed by atoms with E-state index in [9.17, 15) is 0 Å². The van der Waals surface area contributed by atoms with E-state index in [2.05, 4.69) is 31.2 Å². The molecule has 0 aliphatic carbocycles. The molecule has 2 nitrogen and oxygen atoms in total. The summed E-state index contributed by atoms with van der Waals surface area (Å²) < 4.78 is 11.2. The summed E-state index contributed by atoms with van der Waals surface area (Å²) in [5.41, 5.74) is 0. The van der Waals surface area contributed by atoms with Gasteiger partial charge in [-0.15, -0.1) is 0 Å². The van der Waals surface area contributed by atoms with Gasteiger partial charge in [-0.1, -0.05) is 37.6 Å². The van der Waals surface area contributed by atoms with Crippen LogP contribution in [-0.4, -0.2) is 19.5 Å². The Bertz CT molecular complexity index is 252. The summed E-state index contributed by atoms with van der Waals surface area (Å²) in [7, 11) is 0. The molecule has 0 amide bonds. The predicted molar refractivity (Wildman–Crippen MR) is 85.8 cm³/mol. The Balaban J connectivity index is 1.81. The van der Waals surface area contributed by atoms with Gasteiger partial charge in [0.05, 0.1) is 0 Å². The molecule has 2 heteroatoms. The quantitative estimate of drug-likeness (QED) is 0.373. The third-order valence-electron chi connectivity index (χ3n) is 3.50. The van der Waals surface area contributed by atoms with Gasteiger partial charge in [-0.2, -0.15) is 0 Å². The molecule has 1 fully saturated rings. The summed E-state index contributed by atoms with van der Waals surface area (Å²) in [6.45, 7) is 3.94. The highest BCUT2D eigenvalue weighted by Gasteiger charge is 2.12. The summed E-state index contributed by atoms with van der Waals surface area (Å²) >= 11 is 0. The molecule has 0 N–H and O–H groups in total. The number of hydrogen-bond donors (Lipinski definition) is 0. The van der Waals surface area contributed by atoms with Crippen LogP contribution in [0.25, 0.3) is 0 Å². The Hall–Kier alpha value is -0.600. The first-order chi connectivity index (χ1) is 9.93. The molecule has 1 atom stereocenters. The maximum Gasteiger partial charge on any atom is 0.157 e. The van der Waals surface area contributed by atoms with Gasteiger partial charge in [0.1, 0.15) is 0 Å². The molecule has 116 valence electrons. The minimum atomic E-state index is 0.0780. The zero-order valence-corrected chi connectivity index (χ0v) is 13.2. The van der Waals surface area contributed by atoms with Crippen molar-refractivity contribution in [1.82, 2.24) is 0 Å². The van der Waals surface area contributed by atoms with Crippen molar-refractivity contribution in [2.24, 2.45) is 0 Å². The second kappa shape index (κ2) is 13.4. The Labute approximate surface area is 125 Å². The van der Waals surface area contributed by atoms with Crippen LogP contribution >= 0.6 is 0 Å². The molecule has 20 heavy (non-hydrogen) atoms. The first-order valence-corrected chi connectivity index (χ1v) is 8.46. The fourth-order valence-electron chi connectivity index (χ4n) is 2.25. The average Bonchev–Trinajstić information content (AvgIpc) is 2.49. The van der Waals surface area contributed by atoms with Gasteiger partial charge < -0.3 is 9.47 Å². The highest BCUT2D eigenvalue weighted by Crippen LogP contribution is 2.14. The van der Waals surface area contributed by atoms with Crippen LogP contribution in [0.4, 0.5) is 0 Å². The second-order valence-electron chi connectivity index (χ2n) is 5.47. The van der Waals surface area contributed by atoms with Crippen molar-refractivity contribution in [3.8, 4) is 0 Å². The van der Waals surface area contributed by atoms with Crippen molar-refractivity contribution in [3.63, 3.8) is 0 Å². The van der Waals surface area contributed by atoms with E-state index in [1.54, 1.807) is 0 Å². The number of hydrogen-bond acceptors (Lipinski definition) is 2. The molecule has 0 unspecified atom stereocenters. The van der Waals surface area contributed by atoms with Crippen LogP contribution < -0.4 is 0 Å². The van der Waals surface area contributed by atoms with Gasteiger partial charge >= 0.3 is 0 Å². The SMILES string of the molecule is CCC/C=C\CC/C=C\CCCCO[C@@H]1CCCCO1. The molecule has 1 aliphatic heterocycles. The molecule has 0 aromatic heterocycles. The van der Waals surface area contributed by atoms with Gasteiger partial charge in [0.25, 0.3) is 0 Å². The monoisotopic (exact) mass is 280 g/mol. The summed E-state index contributed by atoms with van der Waals surface area (Å²) in [5, 5.41) is 0. The first-order valence-electron chi connectivity index (χ1n) is 8.46. The standard InChI is InChI=1S/C18H32O2/c1-2-3-4-5-6-7-8-9-10-11-13-16-19-18-15-12-14-17-20-18/h4-5,8-9,18H,2-3,6-7,10-17H2,1H3/b5-4-,9-8-/t18-/m0/s1. The fourth-order valence-corrected chi connectivity index (χ4v) is 2.25. The molecule has 0 saturated carbocycles. The van der Waals surface area contributed by atoms with Crippen LogP contribution in [0.15, 0.2) is 24.3 Å². The molecule has 1 aliphatic rings. The Morgan fingerprint density at radius 3 is 2.40 bits per heavy atom. The maximum absolute atomic E-state index is 5.71. The number of unbranched alkanes of at least 4 members (excludes halogenated alkanes) is 4. The van der Waals surface area contributed by atoms with Crippen LogP contribution in [0.2, 0.25) is 0 Å². The summed E-state index contributed by atoms with van der Waals surface area (Å²) in [6.07, 6.45) is 21.2.